The first kappa shape index (κ1) is 18.2. The number of rotatable bonds is 4. The summed E-state index contributed by atoms with van der Waals surface area (Å²) in [6.07, 6.45) is 4.95. The first-order chi connectivity index (χ1) is 12.4. The Kier molecular flexibility index (Phi) is 5.40. The van der Waals surface area contributed by atoms with Crippen molar-refractivity contribution >= 4 is 34.9 Å². The van der Waals surface area contributed by atoms with E-state index in [0.29, 0.717) is 17.1 Å². The molecule has 0 aliphatic heterocycles. The monoisotopic (exact) mass is 391 g/mol. The van der Waals surface area contributed by atoms with E-state index in [1.807, 2.05) is 0 Å². The van der Waals surface area contributed by atoms with E-state index in [1.165, 1.54) is 30.3 Å². The summed E-state index contributed by atoms with van der Waals surface area (Å²) in [6.45, 7) is 0. The van der Waals surface area contributed by atoms with Crippen molar-refractivity contribution in [2.45, 2.75) is 6.42 Å². The van der Waals surface area contributed by atoms with Crippen LogP contribution in [0, 0.1) is 5.82 Å². The van der Waals surface area contributed by atoms with E-state index in [4.69, 9.17) is 27.9 Å². The largest absolute Gasteiger partial charge is 0.455 e. The maximum absolute atomic E-state index is 13.2. The second-order valence-corrected chi connectivity index (χ2v) is 6.29. The van der Waals surface area contributed by atoms with Crippen LogP contribution in [0.4, 0.5) is 4.39 Å². The number of hydrogen-bond acceptors (Lipinski definition) is 3. The minimum absolute atomic E-state index is 0.0647. The highest BCUT2D eigenvalue weighted by Gasteiger charge is 2.17. The van der Waals surface area contributed by atoms with Crippen molar-refractivity contribution in [3.8, 4) is 11.5 Å². The Bertz CT molecular complexity index is 954. The van der Waals surface area contributed by atoms with Crippen LogP contribution < -0.4 is 10.1 Å². The molecule has 0 bridgehead atoms. The molecular weight excluding hydrogens is 380 g/mol. The number of allylic oxidation sites excluding steroid dienone is 3. The molecule has 0 heterocycles. The van der Waals surface area contributed by atoms with Crippen LogP contribution >= 0.6 is 23.2 Å². The molecule has 3 rings (SSSR count). The number of carbonyl (C=O) groups excluding carboxylic acids is 2. The molecule has 1 aliphatic rings. The molecule has 0 fully saturated rings. The number of amides is 1. The number of ketones is 1. The number of carbonyl (C=O) groups is 2. The SMILES string of the molecule is O=C1C=C(NC(=O)c2cc(Cl)ccc2Oc2ccc(F)cc2Cl)C=CC1. The highest BCUT2D eigenvalue weighted by Crippen LogP contribution is 2.33. The molecule has 1 amide bonds. The van der Waals surface area contributed by atoms with E-state index >= 15 is 0 Å². The highest BCUT2D eigenvalue weighted by molar-refractivity contribution is 6.32. The van der Waals surface area contributed by atoms with Gasteiger partial charge in [-0.25, -0.2) is 4.39 Å². The van der Waals surface area contributed by atoms with E-state index in [1.54, 1.807) is 18.2 Å². The molecule has 0 saturated heterocycles. The molecule has 0 radical (unpaired) electrons. The molecule has 0 spiro atoms. The van der Waals surface area contributed by atoms with Gasteiger partial charge in [-0.3, -0.25) is 9.59 Å². The number of nitrogens with one attached hydrogen (secondary N) is 1. The summed E-state index contributed by atoms with van der Waals surface area (Å²) in [5, 5.41) is 3.02. The zero-order valence-electron chi connectivity index (χ0n) is 13.3. The first-order valence-electron chi connectivity index (χ1n) is 7.57. The number of hydrogen-bond donors (Lipinski definition) is 1. The number of halogens is 3. The van der Waals surface area contributed by atoms with Gasteiger partial charge in [0, 0.05) is 23.2 Å². The van der Waals surface area contributed by atoms with Gasteiger partial charge in [-0.1, -0.05) is 29.3 Å². The van der Waals surface area contributed by atoms with E-state index in [-0.39, 0.29) is 27.9 Å². The summed E-state index contributed by atoms with van der Waals surface area (Å²) in [5.41, 5.74) is 0.516. The Balaban J connectivity index is 1.89. The Morgan fingerprint density at radius 3 is 2.62 bits per heavy atom. The molecule has 7 heteroatoms. The summed E-state index contributed by atoms with van der Waals surface area (Å²) in [4.78, 5) is 24.0. The van der Waals surface area contributed by atoms with Crippen molar-refractivity contribution in [3.05, 3.63) is 81.7 Å². The molecule has 0 saturated carbocycles. The molecule has 132 valence electrons. The molecule has 1 N–H and O–H groups in total. The van der Waals surface area contributed by atoms with Gasteiger partial charge in [0.1, 0.15) is 17.3 Å². The van der Waals surface area contributed by atoms with Crippen LogP contribution in [0.5, 0.6) is 11.5 Å². The van der Waals surface area contributed by atoms with Crippen molar-refractivity contribution in [1.29, 1.82) is 0 Å². The Labute approximate surface area is 158 Å². The van der Waals surface area contributed by atoms with Crippen LogP contribution in [-0.4, -0.2) is 11.7 Å². The second kappa shape index (κ2) is 7.72. The van der Waals surface area contributed by atoms with E-state index < -0.39 is 11.7 Å². The van der Waals surface area contributed by atoms with Gasteiger partial charge in [0.2, 0.25) is 0 Å². The smallest absolute Gasteiger partial charge is 0.259 e. The van der Waals surface area contributed by atoms with Crippen molar-refractivity contribution < 1.29 is 18.7 Å². The summed E-state index contributed by atoms with van der Waals surface area (Å²) in [6, 6.07) is 8.15. The van der Waals surface area contributed by atoms with Crippen molar-refractivity contribution in [3.63, 3.8) is 0 Å². The second-order valence-electron chi connectivity index (χ2n) is 5.44. The summed E-state index contributed by atoms with van der Waals surface area (Å²) in [7, 11) is 0. The van der Waals surface area contributed by atoms with Gasteiger partial charge < -0.3 is 10.1 Å². The van der Waals surface area contributed by atoms with E-state index in [9.17, 15) is 14.0 Å². The average molecular weight is 392 g/mol. The summed E-state index contributed by atoms with van der Waals surface area (Å²) < 4.78 is 18.8. The molecular formula is C19H12Cl2FNO3. The van der Waals surface area contributed by atoms with Crippen LogP contribution in [0.1, 0.15) is 16.8 Å². The molecule has 0 unspecified atom stereocenters. The van der Waals surface area contributed by atoms with Gasteiger partial charge in [-0.05, 0) is 42.5 Å². The van der Waals surface area contributed by atoms with Gasteiger partial charge in [-0.2, -0.15) is 0 Å². The number of ether oxygens (including phenoxy) is 1. The van der Waals surface area contributed by atoms with E-state index in [0.717, 1.165) is 6.07 Å². The third kappa shape index (κ3) is 4.31. The lowest BCUT2D eigenvalue weighted by Crippen LogP contribution is -2.24. The van der Waals surface area contributed by atoms with Gasteiger partial charge in [0.05, 0.1) is 10.6 Å². The Morgan fingerprint density at radius 2 is 1.88 bits per heavy atom. The lowest BCUT2D eigenvalue weighted by molar-refractivity contribution is -0.113. The lowest BCUT2D eigenvalue weighted by Gasteiger charge is -2.14. The highest BCUT2D eigenvalue weighted by atomic mass is 35.5. The Hall–Kier alpha value is -2.63. The molecule has 2 aromatic rings. The maximum atomic E-state index is 13.2. The van der Waals surface area contributed by atoms with Crippen molar-refractivity contribution in [1.82, 2.24) is 5.32 Å². The van der Waals surface area contributed by atoms with Crippen molar-refractivity contribution in [2.75, 3.05) is 0 Å². The van der Waals surface area contributed by atoms with Gasteiger partial charge in [0.25, 0.3) is 5.91 Å². The predicted molar refractivity (Wildman–Crippen MR) is 97.2 cm³/mol. The maximum Gasteiger partial charge on any atom is 0.259 e. The Morgan fingerprint density at radius 1 is 1.12 bits per heavy atom. The molecule has 2 aromatic carbocycles. The fourth-order valence-electron chi connectivity index (χ4n) is 2.30. The molecule has 26 heavy (non-hydrogen) atoms. The third-order valence-electron chi connectivity index (χ3n) is 3.49. The summed E-state index contributed by atoms with van der Waals surface area (Å²) in [5.74, 6) is -0.740. The normalized spacial score (nSPS) is 13.3. The first-order valence-corrected chi connectivity index (χ1v) is 8.33. The zero-order valence-corrected chi connectivity index (χ0v) is 14.8. The predicted octanol–water partition coefficient (Wildman–Crippen LogP) is 5.07. The van der Waals surface area contributed by atoms with Crippen LogP contribution in [0.25, 0.3) is 0 Å². The van der Waals surface area contributed by atoms with Crippen LogP contribution in [0.15, 0.2) is 60.3 Å². The van der Waals surface area contributed by atoms with E-state index in [2.05, 4.69) is 5.32 Å². The van der Waals surface area contributed by atoms with Crippen LogP contribution in [0.2, 0.25) is 10.0 Å². The van der Waals surface area contributed by atoms with Crippen molar-refractivity contribution in [2.24, 2.45) is 0 Å². The zero-order chi connectivity index (χ0) is 18.7. The summed E-state index contributed by atoms with van der Waals surface area (Å²) >= 11 is 12.0. The standard InChI is InChI=1S/C19H12Cl2FNO3/c20-11-4-6-17(26-18-7-5-12(22)9-16(18)21)15(8-11)19(25)23-13-2-1-3-14(24)10-13/h1-2,4-10H,3H2,(H,23,25). The van der Waals surface area contributed by atoms with Crippen LogP contribution in [0.3, 0.4) is 0 Å². The molecule has 0 atom stereocenters. The van der Waals surface area contributed by atoms with Gasteiger partial charge in [0.15, 0.2) is 5.78 Å². The quantitative estimate of drug-likeness (QED) is 0.791. The minimum atomic E-state index is -0.508. The number of benzene rings is 2. The minimum Gasteiger partial charge on any atom is -0.455 e. The van der Waals surface area contributed by atoms with Gasteiger partial charge >= 0.3 is 0 Å². The average Bonchev–Trinajstić information content (AvgIpc) is 2.58. The van der Waals surface area contributed by atoms with Gasteiger partial charge in [-0.15, -0.1) is 0 Å². The fourth-order valence-corrected chi connectivity index (χ4v) is 2.68. The van der Waals surface area contributed by atoms with Crippen LogP contribution in [-0.2, 0) is 4.79 Å². The topological polar surface area (TPSA) is 55.4 Å². The fraction of sp³-hybridized carbons (Fsp3) is 0.0526. The molecule has 4 nitrogen and oxygen atoms in total. The molecule has 0 aromatic heterocycles. The lowest BCUT2D eigenvalue weighted by atomic mass is 10.1. The molecule has 1 aliphatic carbocycles. The third-order valence-corrected chi connectivity index (χ3v) is 4.02.